The molecule has 0 bridgehead atoms. The predicted octanol–water partition coefficient (Wildman–Crippen LogP) is 1.88. The number of hydrogen-bond acceptors (Lipinski definition) is 3. The van der Waals surface area contributed by atoms with Gasteiger partial charge in [-0.1, -0.05) is 12.1 Å². The van der Waals surface area contributed by atoms with E-state index in [1.807, 2.05) is 12.1 Å². The smallest absolute Gasteiger partial charge is 0.118 e. The van der Waals surface area contributed by atoms with E-state index in [-0.39, 0.29) is 0 Å². The Morgan fingerprint density at radius 3 is 2.53 bits per heavy atom. The van der Waals surface area contributed by atoms with E-state index in [1.165, 1.54) is 25.1 Å². The van der Waals surface area contributed by atoms with Crippen LogP contribution in [0.3, 0.4) is 0 Å². The Morgan fingerprint density at radius 1 is 1.29 bits per heavy atom. The zero-order valence-corrected chi connectivity index (χ0v) is 10.8. The molecule has 94 valence electrons. The van der Waals surface area contributed by atoms with Crippen molar-refractivity contribution < 1.29 is 4.74 Å². The molecule has 0 spiro atoms. The van der Waals surface area contributed by atoms with Crippen LogP contribution in [0.25, 0.3) is 0 Å². The summed E-state index contributed by atoms with van der Waals surface area (Å²) in [6.07, 6.45) is 1.36. The Bertz CT molecular complexity index is 333. The van der Waals surface area contributed by atoms with Gasteiger partial charge >= 0.3 is 0 Å². The van der Waals surface area contributed by atoms with Crippen LogP contribution in [0.5, 0.6) is 5.75 Å². The molecule has 1 heterocycles. The highest BCUT2D eigenvalue weighted by atomic mass is 16.5. The van der Waals surface area contributed by atoms with Gasteiger partial charge in [0.25, 0.3) is 0 Å². The van der Waals surface area contributed by atoms with Crippen molar-refractivity contribution >= 4 is 0 Å². The number of benzene rings is 1. The van der Waals surface area contributed by atoms with E-state index in [0.29, 0.717) is 6.04 Å². The zero-order chi connectivity index (χ0) is 12.1. The van der Waals surface area contributed by atoms with Crippen molar-refractivity contribution in [2.75, 3.05) is 26.7 Å². The van der Waals surface area contributed by atoms with Crippen LogP contribution >= 0.6 is 0 Å². The molecule has 1 unspecified atom stereocenters. The molecule has 0 aromatic heterocycles. The van der Waals surface area contributed by atoms with Crippen molar-refractivity contribution in [1.29, 1.82) is 0 Å². The van der Waals surface area contributed by atoms with Crippen molar-refractivity contribution in [2.45, 2.75) is 25.9 Å². The number of ether oxygens (including phenoxy) is 1. The molecule has 1 aromatic rings. The van der Waals surface area contributed by atoms with Crippen molar-refractivity contribution in [3.63, 3.8) is 0 Å². The maximum absolute atomic E-state index is 5.14. The molecule has 1 N–H and O–H groups in total. The Hall–Kier alpha value is -1.06. The largest absolute Gasteiger partial charge is 0.497 e. The van der Waals surface area contributed by atoms with Gasteiger partial charge in [-0.2, -0.15) is 0 Å². The number of methoxy groups -OCH3 is 1. The van der Waals surface area contributed by atoms with E-state index in [1.54, 1.807) is 7.11 Å². The maximum Gasteiger partial charge on any atom is 0.118 e. The van der Waals surface area contributed by atoms with Crippen LogP contribution in [0.2, 0.25) is 0 Å². The molecule has 3 heteroatoms. The molecular weight excluding hydrogens is 212 g/mol. The van der Waals surface area contributed by atoms with E-state index in [4.69, 9.17) is 4.74 Å². The van der Waals surface area contributed by atoms with Gasteiger partial charge in [0.1, 0.15) is 5.75 Å². The maximum atomic E-state index is 5.14. The summed E-state index contributed by atoms with van der Waals surface area (Å²) in [6, 6.07) is 8.90. The van der Waals surface area contributed by atoms with E-state index in [0.717, 1.165) is 18.8 Å². The first-order valence-corrected chi connectivity index (χ1v) is 6.37. The van der Waals surface area contributed by atoms with Crippen LogP contribution < -0.4 is 10.1 Å². The third kappa shape index (κ3) is 3.45. The number of nitrogens with one attached hydrogen (secondary N) is 1. The number of rotatable bonds is 6. The van der Waals surface area contributed by atoms with Crippen LogP contribution in [0.1, 0.15) is 18.9 Å². The highest BCUT2D eigenvalue weighted by Crippen LogP contribution is 2.12. The topological polar surface area (TPSA) is 24.5 Å². The minimum absolute atomic E-state index is 0.655. The molecule has 1 atom stereocenters. The van der Waals surface area contributed by atoms with Gasteiger partial charge in [-0.15, -0.1) is 0 Å². The molecule has 0 aliphatic carbocycles. The molecule has 2 rings (SSSR count). The Morgan fingerprint density at radius 2 is 2.00 bits per heavy atom. The second kappa shape index (κ2) is 6.03. The quantitative estimate of drug-likeness (QED) is 0.813. The lowest BCUT2D eigenvalue weighted by Gasteiger charge is -2.36. The molecule has 1 fully saturated rings. The van der Waals surface area contributed by atoms with Crippen LogP contribution in [0.15, 0.2) is 24.3 Å². The molecule has 0 amide bonds. The lowest BCUT2D eigenvalue weighted by Crippen LogP contribution is -2.47. The van der Waals surface area contributed by atoms with Gasteiger partial charge in [0.15, 0.2) is 0 Å². The van der Waals surface area contributed by atoms with Gasteiger partial charge in [0.2, 0.25) is 0 Å². The average molecular weight is 234 g/mol. The first kappa shape index (κ1) is 12.4. The first-order valence-electron chi connectivity index (χ1n) is 6.37. The summed E-state index contributed by atoms with van der Waals surface area (Å²) in [5, 5.41) is 3.51. The fourth-order valence-electron chi connectivity index (χ4n) is 2.08. The SMILES string of the molecule is COc1ccc(CNCC(C)N2CCC2)cc1. The molecular formula is C14H22N2O. The average Bonchev–Trinajstić information content (AvgIpc) is 2.27. The summed E-state index contributed by atoms with van der Waals surface area (Å²) in [6.45, 7) is 6.82. The van der Waals surface area contributed by atoms with Gasteiger partial charge in [-0.3, -0.25) is 4.90 Å². The normalized spacial score (nSPS) is 17.5. The number of likely N-dealkylation sites (tertiary alicyclic amines) is 1. The molecule has 1 saturated heterocycles. The number of hydrogen-bond donors (Lipinski definition) is 1. The Balaban J connectivity index is 1.69. The van der Waals surface area contributed by atoms with Gasteiger partial charge in [-0.25, -0.2) is 0 Å². The second-order valence-corrected chi connectivity index (χ2v) is 4.72. The zero-order valence-electron chi connectivity index (χ0n) is 10.8. The molecule has 0 saturated carbocycles. The summed E-state index contributed by atoms with van der Waals surface area (Å²) in [5.41, 5.74) is 1.31. The summed E-state index contributed by atoms with van der Waals surface area (Å²) >= 11 is 0. The van der Waals surface area contributed by atoms with Gasteiger partial charge in [-0.05, 0) is 44.1 Å². The van der Waals surface area contributed by atoms with E-state index >= 15 is 0 Å². The molecule has 1 aromatic carbocycles. The molecule has 1 aliphatic heterocycles. The van der Waals surface area contributed by atoms with Gasteiger partial charge in [0.05, 0.1) is 7.11 Å². The summed E-state index contributed by atoms with van der Waals surface area (Å²) < 4.78 is 5.14. The second-order valence-electron chi connectivity index (χ2n) is 4.72. The third-order valence-corrected chi connectivity index (χ3v) is 3.44. The van der Waals surface area contributed by atoms with Crippen LogP contribution in [0, 0.1) is 0 Å². The molecule has 0 radical (unpaired) electrons. The van der Waals surface area contributed by atoms with Gasteiger partial charge < -0.3 is 10.1 Å². The van der Waals surface area contributed by atoms with Crippen LogP contribution in [-0.4, -0.2) is 37.7 Å². The predicted molar refractivity (Wildman–Crippen MR) is 70.4 cm³/mol. The van der Waals surface area contributed by atoms with Gasteiger partial charge in [0, 0.05) is 19.1 Å². The fraction of sp³-hybridized carbons (Fsp3) is 0.571. The first-order chi connectivity index (χ1) is 8.29. The van der Waals surface area contributed by atoms with Crippen molar-refractivity contribution in [1.82, 2.24) is 10.2 Å². The van der Waals surface area contributed by atoms with E-state index in [9.17, 15) is 0 Å². The molecule has 1 aliphatic rings. The Kier molecular flexibility index (Phi) is 4.40. The minimum atomic E-state index is 0.655. The Labute approximate surface area is 104 Å². The summed E-state index contributed by atoms with van der Waals surface area (Å²) in [7, 11) is 1.70. The monoisotopic (exact) mass is 234 g/mol. The van der Waals surface area contributed by atoms with Crippen LogP contribution in [-0.2, 0) is 6.54 Å². The van der Waals surface area contributed by atoms with Crippen molar-refractivity contribution in [2.24, 2.45) is 0 Å². The lowest BCUT2D eigenvalue weighted by atomic mass is 10.1. The summed E-state index contributed by atoms with van der Waals surface area (Å²) in [5.74, 6) is 0.919. The minimum Gasteiger partial charge on any atom is -0.497 e. The number of nitrogens with zero attached hydrogens (tertiary/aromatic N) is 1. The van der Waals surface area contributed by atoms with Crippen molar-refractivity contribution in [3.8, 4) is 5.75 Å². The fourth-order valence-corrected chi connectivity index (χ4v) is 2.08. The highest BCUT2D eigenvalue weighted by Gasteiger charge is 2.19. The van der Waals surface area contributed by atoms with E-state index in [2.05, 4.69) is 29.3 Å². The molecule has 17 heavy (non-hydrogen) atoms. The van der Waals surface area contributed by atoms with E-state index < -0.39 is 0 Å². The highest BCUT2D eigenvalue weighted by molar-refractivity contribution is 5.26. The standard InChI is InChI=1S/C14H22N2O/c1-12(16-8-3-9-16)10-15-11-13-4-6-14(17-2)7-5-13/h4-7,12,15H,3,8-11H2,1-2H3. The lowest BCUT2D eigenvalue weighted by molar-refractivity contribution is 0.126. The molecule has 3 nitrogen and oxygen atoms in total. The van der Waals surface area contributed by atoms with Crippen molar-refractivity contribution in [3.05, 3.63) is 29.8 Å². The third-order valence-electron chi connectivity index (χ3n) is 3.44. The summed E-state index contributed by atoms with van der Waals surface area (Å²) in [4.78, 5) is 2.51. The van der Waals surface area contributed by atoms with Crippen LogP contribution in [0.4, 0.5) is 0 Å².